The standard InChI is InChI=1S/C25H24F5NO/c1-23(2,3)18-8-5-11-21(14-18)32-22-12-6-10-20(15-22)31-16-17-7-4-9-19(13-17)24(26,27)25(28,29)30/h4-15,31H,16H2,1-3H3. The molecule has 0 aliphatic carbocycles. The Balaban J connectivity index is 1.71. The minimum absolute atomic E-state index is 0.0275. The summed E-state index contributed by atoms with van der Waals surface area (Å²) < 4.78 is 71.1. The highest BCUT2D eigenvalue weighted by molar-refractivity contribution is 5.50. The second-order valence-corrected chi connectivity index (χ2v) is 8.53. The summed E-state index contributed by atoms with van der Waals surface area (Å²) in [5, 5.41) is 3.03. The monoisotopic (exact) mass is 449 g/mol. The highest BCUT2D eigenvalue weighted by Gasteiger charge is 2.58. The Morgan fingerprint density at radius 1 is 0.719 bits per heavy atom. The molecule has 3 rings (SSSR count). The van der Waals surface area contributed by atoms with E-state index in [4.69, 9.17) is 4.74 Å². The van der Waals surface area contributed by atoms with Crippen LogP contribution in [0.2, 0.25) is 0 Å². The van der Waals surface area contributed by atoms with Crippen molar-refractivity contribution in [2.75, 3.05) is 5.32 Å². The van der Waals surface area contributed by atoms with Crippen molar-refractivity contribution in [3.63, 3.8) is 0 Å². The number of benzene rings is 3. The fraction of sp³-hybridized carbons (Fsp3) is 0.280. The Kier molecular flexibility index (Phi) is 6.49. The lowest BCUT2D eigenvalue weighted by Crippen LogP contribution is -2.33. The first-order valence-electron chi connectivity index (χ1n) is 10.0. The third kappa shape index (κ3) is 5.58. The summed E-state index contributed by atoms with van der Waals surface area (Å²) in [6.07, 6.45) is -5.64. The first-order valence-corrected chi connectivity index (χ1v) is 10.0. The van der Waals surface area contributed by atoms with Gasteiger partial charge in [-0.05, 0) is 46.9 Å². The summed E-state index contributed by atoms with van der Waals surface area (Å²) in [6, 6.07) is 19.1. The van der Waals surface area contributed by atoms with E-state index in [0.29, 0.717) is 22.7 Å². The van der Waals surface area contributed by atoms with Crippen LogP contribution in [0.25, 0.3) is 0 Å². The second kappa shape index (κ2) is 8.81. The van der Waals surface area contributed by atoms with E-state index in [1.807, 2.05) is 24.3 Å². The van der Waals surface area contributed by atoms with Gasteiger partial charge in [-0.15, -0.1) is 0 Å². The van der Waals surface area contributed by atoms with Gasteiger partial charge < -0.3 is 10.1 Å². The van der Waals surface area contributed by atoms with Crippen LogP contribution in [-0.4, -0.2) is 6.18 Å². The molecule has 3 aromatic carbocycles. The molecule has 0 aromatic heterocycles. The smallest absolute Gasteiger partial charge is 0.457 e. The molecule has 0 aliphatic rings. The van der Waals surface area contributed by atoms with E-state index in [2.05, 4.69) is 26.1 Å². The van der Waals surface area contributed by atoms with Gasteiger partial charge in [0.25, 0.3) is 0 Å². The molecule has 0 amide bonds. The molecule has 0 saturated carbocycles. The van der Waals surface area contributed by atoms with E-state index in [9.17, 15) is 22.0 Å². The predicted molar refractivity (Wildman–Crippen MR) is 115 cm³/mol. The molecule has 0 atom stereocenters. The number of alkyl halides is 5. The number of ether oxygens (including phenoxy) is 1. The molecule has 1 N–H and O–H groups in total. The number of hydrogen-bond acceptors (Lipinski definition) is 2. The maximum atomic E-state index is 13.6. The Morgan fingerprint density at radius 2 is 1.31 bits per heavy atom. The minimum Gasteiger partial charge on any atom is -0.457 e. The number of nitrogens with one attached hydrogen (secondary N) is 1. The van der Waals surface area contributed by atoms with Gasteiger partial charge >= 0.3 is 12.1 Å². The average molecular weight is 449 g/mol. The van der Waals surface area contributed by atoms with Crippen molar-refractivity contribution in [3.05, 3.63) is 89.5 Å². The van der Waals surface area contributed by atoms with Crippen LogP contribution in [-0.2, 0) is 17.9 Å². The molecule has 32 heavy (non-hydrogen) atoms. The quantitative estimate of drug-likeness (QED) is 0.385. The average Bonchev–Trinajstić information content (AvgIpc) is 2.71. The highest BCUT2D eigenvalue weighted by atomic mass is 19.4. The zero-order valence-corrected chi connectivity index (χ0v) is 17.9. The molecule has 7 heteroatoms. The number of halogens is 5. The summed E-state index contributed by atoms with van der Waals surface area (Å²) in [4.78, 5) is 0. The van der Waals surface area contributed by atoms with Gasteiger partial charge in [-0.25, -0.2) is 0 Å². The van der Waals surface area contributed by atoms with Gasteiger partial charge in [-0.1, -0.05) is 57.2 Å². The van der Waals surface area contributed by atoms with Gasteiger partial charge in [0.15, 0.2) is 0 Å². The van der Waals surface area contributed by atoms with E-state index in [0.717, 1.165) is 17.7 Å². The maximum Gasteiger partial charge on any atom is 0.458 e. The molecular weight excluding hydrogens is 425 g/mol. The second-order valence-electron chi connectivity index (χ2n) is 8.53. The van der Waals surface area contributed by atoms with Gasteiger partial charge in [0.2, 0.25) is 0 Å². The number of rotatable bonds is 6. The molecule has 0 fully saturated rings. The molecule has 2 nitrogen and oxygen atoms in total. The molecule has 0 bridgehead atoms. The topological polar surface area (TPSA) is 21.3 Å². The van der Waals surface area contributed by atoms with Gasteiger partial charge in [-0.3, -0.25) is 0 Å². The molecule has 0 unspecified atom stereocenters. The van der Waals surface area contributed by atoms with Crippen molar-refractivity contribution >= 4 is 5.69 Å². The van der Waals surface area contributed by atoms with E-state index in [1.54, 1.807) is 24.3 Å². The Hall–Kier alpha value is -3.09. The van der Waals surface area contributed by atoms with Crippen LogP contribution in [0.15, 0.2) is 72.8 Å². The molecule has 0 aliphatic heterocycles. The largest absolute Gasteiger partial charge is 0.458 e. The van der Waals surface area contributed by atoms with Gasteiger partial charge in [0.1, 0.15) is 11.5 Å². The van der Waals surface area contributed by atoms with Crippen LogP contribution < -0.4 is 10.1 Å². The van der Waals surface area contributed by atoms with E-state index >= 15 is 0 Å². The third-order valence-corrected chi connectivity index (χ3v) is 4.91. The molecule has 0 radical (unpaired) electrons. The lowest BCUT2D eigenvalue weighted by Gasteiger charge is -2.20. The normalized spacial score (nSPS) is 12.5. The minimum atomic E-state index is -5.64. The number of hydrogen-bond donors (Lipinski definition) is 1. The van der Waals surface area contributed by atoms with E-state index in [1.165, 1.54) is 12.1 Å². The van der Waals surface area contributed by atoms with Crippen LogP contribution in [0.5, 0.6) is 11.5 Å². The van der Waals surface area contributed by atoms with Crippen molar-refractivity contribution in [3.8, 4) is 11.5 Å². The lowest BCUT2D eigenvalue weighted by atomic mass is 9.87. The van der Waals surface area contributed by atoms with Crippen LogP contribution in [0.3, 0.4) is 0 Å². The SMILES string of the molecule is CC(C)(C)c1cccc(Oc2cccc(NCc3cccc(C(F)(F)C(F)(F)F)c3)c2)c1. The van der Waals surface area contributed by atoms with Crippen molar-refractivity contribution in [2.24, 2.45) is 0 Å². The van der Waals surface area contributed by atoms with Gasteiger partial charge in [-0.2, -0.15) is 22.0 Å². The first-order chi connectivity index (χ1) is 14.9. The maximum absolute atomic E-state index is 13.6. The summed E-state index contributed by atoms with van der Waals surface area (Å²) in [7, 11) is 0. The predicted octanol–water partition coefficient (Wildman–Crippen LogP) is 8.04. The Labute approximate surface area is 184 Å². The molecule has 0 saturated heterocycles. The number of anilines is 1. The summed E-state index contributed by atoms with van der Waals surface area (Å²) >= 11 is 0. The van der Waals surface area contributed by atoms with Crippen molar-refractivity contribution in [1.29, 1.82) is 0 Å². The molecule has 0 spiro atoms. The third-order valence-electron chi connectivity index (χ3n) is 4.91. The Morgan fingerprint density at radius 3 is 1.97 bits per heavy atom. The van der Waals surface area contributed by atoms with Crippen LogP contribution in [0.4, 0.5) is 27.6 Å². The molecule has 0 heterocycles. The first kappa shape index (κ1) is 23.6. The summed E-state index contributed by atoms with van der Waals surface area (Å²) in [5.41, 5.74) is 0.957. The molecule has 3 aromatic rings. The van der Waals surface area contributed by atoms with Gasteiger partial charge in [0, 0.05) is 23.9 Å². The molecular formula is C25H24F5NO. The Bertz CT molecular complexity index is 1070. The lowest BCUT2D eigenvalue weighted by molar-refractivity contribution is -0.289. The summed E-state index contributed by atoms with van der Waals surface area (Å²) in [6.45, 7) is 6.40. The zero-order valence-electron chi connectivity index (χ0n) is 17.9. The fourth-order valence-corrected chi connectivity index (χ4v) is 3.08. The van der Waals surface area contributed by atoms with Crippen molar-refractivity contribution < 1.29 is 26.7 Å². The van der Waals surface area contributed by atoms with Crippen molar-refractivity contribution in [2.45, 2.75) is 44.8 Å². The van der Waals surface area contributed by atoms with Gasteiger partial charge in [0.05, 0.1) is 0 Å². The molecule has 170 valence electrons. The summed E-state index contributed by atoms with van der Waals surface area (Å²) in [5.74, 6) is -3.66. The van der Waals surface area contributed by atoms with Crippen molar-refractivity contribution in [1.82, 2.24) is 0 Å². The zero-order chi connectivity index (χ0) is 23.6. The van der Waals surface area contributed by atoms with Crippen LogP contribution in [0, 0.1) is 0 Å². The van der Waals surface area contributed by atoms with E-state index < -0.39 is 17.7 Å². The van der Waals surface area contributed by atoms with E-state index in [-0.39, 0.29) is 12.0 Å². The fourth-order valence-electron chi connectivity index (χ4n) is 3.08. The van der Waals surface area contributed by atoms with Crippen LogP contribution >= 0.6 is 0 Å². The highest BCUT2D eigenvalue weighted by Crippen LogP contribution is 2.44. The van der Waals surface area contributed by atoms with Crippen LogP contribution in [0.1, 0.15) is 37.5 Å².